The Labute approximate surface area is 90.0 Å². The molecule has 0 aliphatic heterocycles. The fourth-order valence-electron chi connectivity index (χ4n) is 1.63. The van der Waals surface area contributed by atoms with Gasteiger partial charge in [0.1, 0.15) is 11.6 Å². The van der Waals surface area contributed by atoms with Gasteiger partial charge in [-0.15, -0.1) is 0 Å². The zero-order chi connectivity index (χ0) is 11.6. The number of nitriles is 1. The minimum Gasteiger partial charge on any atom is -0.311 e. The van der Waals surface area contributed by atoms with Crippen molar-refractivity contribution in [1.29, 1.82) is 5.26 Å². The van der Waals surface area contributed by atoms with E-state index in [1.807, 2.05) is 19.1 Å². The van der Waals surface area contributed by atoms with Crippen LogP contribution in [0.3, 0.4) is 0 Å². The van der Waals surface area contributed by atoms with Crippen LogP contribution in [0.2, 0.25) is 0 Å². The summed E-state index contributed by atoms with van der Waals surface area (Å²) in [7, 11) is 0. The summed E-state index contributed by atoms with van der Waals surface area (Å²) in [5.74, 6) is 0. The summed E-state index contributed by atoms with van der Waals surface area (Å²) < 4.78 is 1.67. The third-order valence-corrected chi connectivity index (χ3v) is 2.38. The number of aromatic nitrogens is 1. The molecule has 0 unspecified atom stereocenters. The maximum Gasteiger partial charge on any atom is 0.268 e. The molecule has 0 saturated carbocycles. The van der Waals surface area contributed by atoms with Crippen LogP contribution in [0.5, 0.6) is 0 Å². The molecule has 0 aromatic carbocycles. The lowest BCUT2D eigenvalue weighted by molar-refractivity contribution is 0.510. The highest BCUT2D eigenvalue weighted by molar-refractivity contribution is 5.29. The van der Waals surface area contributed by atoms with Crippen molar-refractivity contribution in [3.05, 3.63) is 33.7 Å². The average Bonchev–Trinajstić information content (AvgIpc) is 2.15. The standard InChI is InChI=1S/C12H16N2O/c1-5-14-10(12(2,3)4)7-6-9(8-13)11(14)15/h6-7H,5H2,1-4H3. The van der Waals surface area contributed by atoms with Gasteiger partial charge in [0.15, 0.2) is 0 Å². The molecule has 0 spiro atoms. The maximum atomic E-state index is 11.8. The number of nitrogens with zero attached hydrogens (tertiary/aromatic N) is 2. The normalized spacial score (nSPS) is 11.1. The second-order valence-electron chi connectivity index (χ2n) is 4.54. The maximum absolute atomic E-state index is 11.8. The van der Waals surface area contributed by atoms with Crippen molar-refractivity contribution in [2.45, 2.75) is 39.7 Å². The molecule has 1 aromatic rings. The predicted molar refractivity (Wildman–Crippen MR) is 59.8 cm³/mol. The molecule has 1 rings (SSSR count). The molecule has 0 aliphatic rings. The van der Waals surface area contributed by atoms with Crippen molar-refractivity contribution < 1.29 is 0 Å². The molecule has 0 radical (unpaired) electrons. The monoisotopic (exact) mass is 204 g/mol. The largest absolute Gasteiger partial charge is 0.311 e. The number of hydrogen-bond donors (Lipinski definition) is 0. The first kappa shape index (κ1) is 11.5. The van der Waals surface area contributed by atoms with E-state index in [2.05, 4.69) is 20.8 Å². The third-order valence-electron chi connectivity index (χ3n) is 2.38. The first-order chi connectivity index (χ1) is 6.91. The zero-order valence-corrected chi connectivity index (χ0v) is 9.66. The first-order valence-electron chi connectivity index (χ1n) is 5.06. The Morgan fingerprint density at radius 1 is 1.40 bits per heavy atom. The Morgan fingerprint density at radius 3 is 2.40 bits per heavy atom. The highest BCUT2D eigenvalue weighted by atomic mass is 16.1. The van der Waals surface area contributed by atoms with Gasteiger partial charge in [-0.25, -0.2) is 0 Å². The minimum atomic E-state index is -0.188. The smallest absolute Gasteiger partial charge is 0.268 e. The van der Waals surface area contributed by atoms with E-state index in [1.165, 1.54) is 0 Å². The van der Waals surface area contributed by atoms with Crippen molar-refractivity contribution in [3.8, 4) is 6.07 Å². The summed E-state index contributed by atoms with van der Waals surface area (Å²) in [6, 6.07) is 5.39. The predicted octanol–water partition coefficient (Wildman–Crippen LogP) is 2.04. The Morgan fingerprint density at radius 2 is 2.00 bits per heavy atom. The van der Waals surface area contributed by atoms with Crippen LogP contribution in [-0.2, 0) is 12.0 Å². The lowest BCUT2D eigenvalue weighted by atomic mass is 9.91. The molecule has 0 bridgehead atoms. The van der Waals surface area contributed by atoms with Gasteiger partial charge in [-0.05, 0) is 19.1 Å². The molecule has 0 N–H and O–H groups in total. The second kappa shape index (κ2) is 3.90. The van der Waals surface area contributed by atoms with Gasteiger partial charge in [0.05, 0.1) is 0 Å². The molecule has 3 heteroatoms. The van der Waals surface area contributed by atoms with Crippen molar-refractivity contribution >= 4 is 0 Å². The lowest BCUT2D eigenvalue weighted by Gasteiger charge is -2.23. The van der Waals surface area contributed by atoms with Gasteiger partial charge in [-0.2, -0.15) is 5.26 Å². The van der Waals surface area contributed by atoms with Gasteiger partial charge < -0.3 is 4.57 Å². The Balaban J connectivity index is 3.54. The Bertz CT molecular complexity index is 458. The summed E-state index contributed by atoms with van der Waals surface area (Å²) in [5.41, 5.74) is 0.912. The first-order valence-corrected chi connectivity index (χ1v) is 5.06. The molecule has 1 heterocycles. The molecule has 0 fully saturated rings. The van der Waals surface area contributed by atoms with E-state index >= 15 is 0 Å². The van der Waals surface area contributed by atoms with Crippen LogP contribution >= 0.6 is 0 Å². The summed E-state index contributed by atoms with van der Waals surface area (Å²) >= 11 is 0. The van der Waals surface area contributed by atoms with Crippen LogP contribution < -0.4 is 5.56 Å². The van der Waals surface area contributed by atoms with Crippen LogP contribution in [0.1, 0.15) is 39.0 Å². The van der Waals surface area contributed by atoms with Crippen molar-refractivity contribution in [3.63, 3.8) is 0 Å². The van der Waals surface area contributed by atoms with Crippen molar-refractivity contribution in [2.75, 3.05) is 0 Å². The molecular weight excluding hydrogens is 188 g/mol. The number of pyridine rings is 1. The van der Waals surface area contributed by atoms with Crippen LogP contribution in [0.15, 0.2) is 16.9 Å². The van der Waals surface area contributed by atoms with E-state index < -0.39 is 0 Å². The molecular formula is C12H16N2O. The van der Waals surface area contributed by atoms with Gasteiger partial charge in [-0.3, -0.25) is 4.79 Å². The summed E-state index contributed by atoms with van der Waals surface area (Å²) in [6.07, 6.45) is 0. The molecule has 1 aromatic heterocycles. The van der Waals surface area contributed by atoms with E-state index in [-0.39, 0.29) is 16.5 Å². The summed E-state index contributed by atoms with van der Waals surface area (Å²) in [5, 5.41) is 8.77. The fourth-order valence-corrected chi connectivity index (χ4v) is 1.63. The van der Waals surface area contributed by atoms with Crippen LogP contribution in [-0.4, -0.2) is 4.57 Å². The quantitative estimate of drug-likeness (QED) is 0.702. The number of rotatable bonds is 1. The third kappa shape index (κ3) is 2.10. The van der Waals surface area contributed by atoms with E-state index in [0.29, 0.717) is 6.54 Å². The lowest BCUT2D eigenvalue weighted by Crippen LogP contribution is -2.30. The SMILES string of the molecule is CCn1c(C(C)(C)C)ccc(C#N)c1=O. The molecule has 0 saturated heterocycles. The zero-order valence-electron chi connectivity index (χ0n) is 9.66. The van der Waals surface area contributed by atoms with Gasteiger partial charge >= 0.3 is 0 Å². The van der Waals surface area contributed by atoms with E-state index in [1.54, 1.807) is 10.6 Å². The summed E-state index contributed by atoms with van der Waals surface area (Å²) in [4.78, 5) is 11.8. The van der Waals surface area contributed by atoms with E-state index in [0.717, 1.165) is 5.69 Å². The van der Waals surface area contributed by atoms with E-state index in [4.69, 9.17) is 5.26 Å². The fraction of sp³-hybridized carbons (Fsp3) is 0.500. The van der Waals surface area contributed by atoms with Crippen LogP contribution in [0.4, 0.5) is 0 Å². The topological polar surface area (TPSA) is 45.8 Å². The Kier molecular flexibility index (Phi) is 2.99. The molecule has 0 amide bonds. The van der Waals surface area contributed by atoms with Crippen LogP contribution in [0.25, 0.3) is 0 Å². The molecule has 0 atom stereocenters. The molecule has 80 valence electrons. The minimum absolute atomic E-state index is 0.0802. The Hall–Kier alpha value is -1.56. The highest BCUT2D eigenvalue weighted by Crippen LogP contribution is 2.20. The molecule has 0 aliphatic carbocycles. The van der Waals surface area contributed by atoms with Gasteiger partial charge in [0.2, 0.25) is 0 Å². The van der Waals surface area contributed by atoms with Gasteiger partial charge in [0, 0.05) is 17.7 Å². The number of hydrogen-bond acceptors (Lipinski definition) is 2. The molecule has 3 nitrogen and oxygen atoms in total. The van der Waals surface area contributed by atoms with Crippen molar-refractivity contribution in [1.82, 2.24) is 4.57 Å². The summed E-state index contributed by atoms with van der Waals surface area (Å²) in [6.45, 7) is 8.68. The van der Waals surface area contributed by atoms with Crippen LogP contribution in [0, 0.1) is 11.3 Å². The second-order valence-corrected chi connectivity index (χ2v) is 4.54. The highest BCUT2D eigenvalue weighted by Gasteiger charge is 2.19. The van der Waals surface area contributed by atoms with Gasteiger partial charge in [-0.1, -0.05) is 20.8 Å². The van der Waals surface area contributed by atoms with Gasteiger partial charge in [0.25, 0.3) is 5.56 Å². The average molecular weight is 204 g/mol. The van der Waals surface area contributed by atoms with Crippen molar-refractivity contribution in [2.24, 2.45) is 0 Å². The molecule has 15 heavy (non-hydrogen) atoms. The van der Waals surface area contributed by atoms with E-state index in [9.17, 15) is 4.79 Å².